The number of hydrogen-bond acceptors (Lipinski definition) is 5. The van der Waals surface area contributed by atoms with Crippen molar-refractivity contribution in [3.05, 3.63) is 76.2 Å². The number of fused-ring (bicyclic) bond motifs is 1. The maximum absolute atomic E-state index is 8.34. The molecule has 34 heavy (non-hydrogen) atoms. The van der Waals surface area contributed by atoms with E-state index in [4.69, 9.17) is 10.4 Å². The number of aromatic nitrogens is 2. The molecule has 0 amide bonds. The molecule has 2 aromatic heterocycles. The van der Waals surface area contributed by atoms with Gasteiger partial charge in [0, 0.05) is 44.0 Å². The summed E-state index contributed by atoms with van der Waals surface area (Å²) in [6, 6.07) is 19.0. The molecule has 0 atom stereocenters. The van der Waals surface area contributed by atoms with Gasteiger partial charge in [-0.05, 0) is 75.3 Å². The Kier molecular flexibility index (Phi) is 7.65. The summed E-state index contributed by atoms with van der Waals surface area (Å²) < 4.78 is 2.34. The number of likely N-dealkylation sites (N-methyl/N-ethyl adjacent to an activating group) is 1. The zero-order chi connectivity index (χ0) is 24.1. The van der Waals surface area contributed by atoms with Gasteiger partial charge in [-0.25, -0.2) is 4.98 Å². The lowest BCUT2D eigenvalue weighted by Crippen LogP contribution is -2.21. The largest absolute Gasteiger partial charge is 0.372 e. The minimum atomic E-state index is 0.412. The summed E-state index contributed by atoms with van der Waals surface area (Å²) in [6.45, 7) is 8.23. The highest BCUT2D eigenvalue weighted by Gasteiger charge is 2.14. The van der Waals surface area contributed by atoms with E-state index in [-0.39, 0.29) is 0 Å². The lowest BCUT2D eigenvalue weighted by atomic mass is 10.1. The van der Waals surface area contributed by atoms with Gasteiger partial charge < -0.3 is 19.7 Å². The van der Waals surface area contributed by atoms with Gasteiger partial charge in [0.2, 0.25) is 0 Å². The zero-order valence-electron chi connectivity index (χ0n) is 20.5. The number of rotatable bonds is 10. The van der Waals surface area contributed by atoms with Crippen molar-refractivity contribution in [3.63, 3.8) is 0 Å². The fraction of sp³-hybridized carbons (Fsp3) is 0.333. The molecule has 0 aliphatic rings. The maximum atomic E-state index is 8.34. The Morgan fingerprint density at radius 2 is 1.82 bits per heavy atom. The van der Waals surface area contributed by atoms with Crippen LogP contribution in [0.3, 0.4) is 0 Å². The van der Waals surface area contributed by atoms with Crippen molar-refractivity contribution in [3.8, 4) is 0 Å². The SMILES string of the molecule is CCN(CC)c1ccc(Cc2nc3cc(NC(=N)c4cccs4)ccc3n2CCN(C)C)cc1. The lowest BCUT2D eigenvalue weighted by Gasteiger charge is -2.21. The number of anilines is 2. The Labute approximate surface area is 206 Å². The molecular weight excluding hydrogens is 440 g/mol. The maximum Gasteiger partial charge on any atom is 0.140 e. The average Bonchev–Trinajstić information content (AvgIpc) is 3.47. The van der Waals surface area contributed by atoms with Gasteiger partial charge in [-0.3, -0.25) is 5.41 Å². The second-order valence-corrected chi connectivity index (χ2v) is 9.63. The molecule has 4 rings (SSSR count). The summed E-state index contributed by atoms with van der Waals surface area (Å²) in [7, 11) is 4.20. The normalized spacial score (nSPS) is 11.3. The van der Waals surface area contributed by atoms with Gasteiger partial charge in [0.05, 0.1) is 15.9 Å². The van der Waals surface area contributed by atoms with E-state index in [9.17, 15) is 0 Å². The van der Waals surface area contributed by atoms with Crippen molar-refractivity contribution >= 4 is 39.6 Å². The average molecular weight is 475 g/mol. The third kappa shape index (κ3) is 5.48. The van der Waals surface area contributed by atoms with E-state index in [1.54, 1.807) is 11.3 Å². The molecule has 4 aromatic rings. The fourth-order valence-electron chi connectivity index (χ4n) is 4.16. The van der Waals surface area contributed by atoms with Crippen LogP contribution in [0.1, 0.15) is 30.1 Å². The molecule has 0 spiro atoms. The predicted molar refractivity (Wildman–Crippen MR) is 146 cm³/mol. The number of thiophene rings is 1. The first kappa shape index (κ1) is 24.0. The number of imidazole rings is 1. The zero-order valence-corrected chi connectivity index (χ0v) is 21.3. The van der Waals surface area contributed by atoms with Gasteiger partial charge >= 0.3 is 0 Å². The molecule has 2 N–H and O–H groups in total. The van der Waals surface area contributed by atoms with E-state index in [1.165, 1.54) is 11.3 Å². The van der Waals surface area contributed by atoms with Gasteiger partial charge in [0.1, 0.15) is 11.7 Å². The van der Waals surface area contributed by atoms with Crippen molar-refractivity contribution < 1.29 is 0 Å². The topological polar surface area (TPSA) is 60.2 Å². The van der Waals surface area contributed by atoms with E-state index >= 15 is 0 Å². The lowest BCUT2D eigenvalue weighted by molar-refractivity contribution is 0.384. The minimum Gasteiger partial charge on any atom is -0.372 e. The quantitative estimate of drug-likeness (QED) is 0.234. The number of nitrogens with one attached hydrogen (secondary N) is 2. The van der Waals surface area contributed by atoms with Crippen molar-refractivity contribution in [2.24, 2.45) is 0 Å². The molecule has 2 heterocycles. The second-order valence-electron chi connectivity index (χ2n) is 8.68. The number of amidine groups is 1. The van der Waals surface area contributed by atoms with Gasteiger partial charge in [0.25, 0.3) is 0 Å². The van der Waals surface area contributed by atoms with Crippen LogP contribution in [0.15, 0.2) is 60.0 Å². The second kappa shape index (κ2) is 10.8. The first-order valence-corrected chi connectivity index (χ1v) is 12.7. The minimum absolute atomic E-state index is 0.412. The van der Waals surface area contributed by atoms with E-state index in [0.29, 0.717) is 5.84 Å². The van der Waals surface area contributed by atoms with Crippen LogP contribution >= 0.6 is 11.3 Å². The molecule has 0 radical (unpaired) electrons. The van der Waals surface area contributed by atoms with E-state index in [0.717, 1.165) is 60.0 Å². The third-order valence-electron chi connectivity index (χ3n) is 6.06. The molecule has 0 saturated carbocycles. The monoisotopic (exact) mass is 474 g/mol. The Bertz CT molecular complexity index is 1220. The summed E-state index contributed by atoms with van der Waals surface area (Å²) in [6.07, 6.45) is 0.786. The first-order valence-electron chi connectivity index (χ1n) is 11.9. The predicted octanol–water partition coefficient (Wildman–Crippen LogP) is 5.53. The van der Waals surface area contributed by atoms with Crippen molar-refractivity contribution in [1.29, 1.82) is 5.41 Å². The van der Waals surface area contributed by atoms with Crippen molar-refractivity contribution in [2.45, 2.75) is 26.8 Å². The van der Waals surface area contributed by atoms with Crippen LogP contribution in [0.4, 0.5) is 11.4 Å². The standard InChI is InChI=1S/C27H34N6S/c1-5-32(6-2)22-12-9-20(10-13-22)18-26-30-23-19-21(29-27(28)25-8-7-17-34-25)11-14-24(23)33(26)16-15-31(3)4/h7-14,17,19H,5-6,15-16,18H2,1-4H3,(H2,28,29). The molecular formula is C27H34N6S. The summed E-state index contributed by atoms with van der Waals surface area (Å²) >= 11 is 1.56. The third-order valence-corrected chi connectivity index (χ3v) is 6.95. The van der Waals surface area contributed by atoms with Gasteiger partial charge in [-0.15, -0.1) is 11.3 Å². The van der Waals surface area contributed by atoms with Crippen molar-refractivity contribution in [1.82, 2.24) is 14.5 Å². The molecule has 0 saturated heterocycles. The molecule has 6 nitrogen and oxygen atoms in total. The Hall–Kier alpha value is -3.16. The van der Waals surface area contributed by atoms with Crippen LogP contribution in [-0.2, 0) is 13.0 Å². The summed E-state index contributed by atoms with van der Waals surface area (Å²) in [5.41, 5.74) is 5.49. The van der Waals surface area contributed by atoms with E-state index in [2.05, 4.69) is 84.0 Å². The Balaban J connectivity index is 1.61. The Morgan fingerprint density at radius 1 is 1.06 bits per heavy atom. The molecule has 0 aliphatic carbocycles. The molecule has 0 unspecified atom stereocenters. The molecule has 0 fully saturated rings. The highest BCUT2D eigenvalue weighted by molar-refractivity contribution is 7.12. The number of benzene rings is 2. The van der Waals surface area contributed by atoms with E-state index < -0.39 is 0 Å². The molecule has 0 aliphatic heterocycles. The number of nitrogens with zero attached hydrogens (tertiary/aromatic N) is 4. The van der Waals surface area contributed by atoms with Crippen LogP contribution in [0.25, 0.3) is 11.0 Å². The van der Waals surface area contributed by atoms with Gasteiger partial charge in [-0.1, -0.05) is 18.2 Å². The molecule has 0 bridgehead atoms. The van der Waals surface area contributed by atoms with Gasteiger partial charge in [0.15, 0.2) is 0 Å². The summed E-state index contributed by atoms with van der Waals surface area (Å²) in [4.78, 5) is 10.5. The summed E-state index contributed by atoms with van der Waals surface area (Å²) in [5, 5.41) is 13.6. The number of hydrogen-bond donors (Lipinski definition) is 2. The van der Waals surface area contributed by atoms with Crippen LogP contribution < -0.4 is 10.2 Å². The van der Waals surface area contributed by atoms with Crippen LogP contribution in [0.5, 0.6) is 0 Å². The Morgan fingerprint density at radius 3 is 2.47 bits per heavy atom. The van der Waals surface area contributed by atoms with Crippen LogP contribution in [0.2, 0.25) is 0 Å². The molecule has 7 heteroatoms. The van der Waals surface area contributed by atoms with Crippen molar-refractivity contribution in [2.75, 3.05) is 43.9 Å². The van der Waals surface area contributed by atoms with Crippen LogP contribution in [0, 0.1) is 5.41 Å². The molecule has 178 valence electrons. The van der Waals surface area contributed by atoms with E-state index in [1.807, 2.05) is 23.6 Å². The highest BCUT2D eigenvalue weighted by atomic mass is 32.1. The summed E-state index contributed by atoms with van der Waals surface area (Å²) in [5.74, 6) is 1.48. The smallest absolute Gasteiger partial charge is 0.140 e. The fourth-order valence-corrected chi connectivity index (χ4v) is 4.79. The van der Waals surface area contributed by atoms with Gasteiger partial charge in [-0.2, -0.15) is 0 Å². The molecule has 2 aromatic carbocycles. The first-order chi connectivity index (χ1) is 16.5. The van der Waals surface area contributed by atoms with Crippen LogP contribution in [-0.4, -0.2) is 54.0 Å². The highest BCUT2D eigenvalue weighted by Crippen LogP contribution is 2.24.